The zero-order valence-electron chi connectivity index (χ0n) is 20.7. The number of hydrogen-bond donors (Lipinski definition) is 0. The molecular formula is C27H29FN4O4. The van der Waals surface area contributed by atoms with Crippen LogP contribution in [0.5, 0.6) is 17.2 Å². The van der Waals surface area contributed by atoms with Crippen LogP contribution in [0.4, 0.5) is 16.0 Å². The fourth-order valence-electron chi connectivity index (χ4n) is 4.98. The molecule has 5 rings (SSSR count). The molecule has 1 saturated heterocycles. The van der Waals surface area contributed by atoms with Crippen LogP contribution in [0, 0.1) is 5.82 Å². The number of Topliss-reactive ketones (excluding diaryl/α,β-unsaturated/α-hetero) is 1. The molecule has 1 aliphatic heterocycles. The largest absolute Gasteiger partial charge is 0.493 e. The Labute approximate surface area is 209 Å². The highest BCUT2D eigenvalue weighted by Gasteiger charge is 2.30. The third kappa shape index (κ3) is 4.53. The fraction of sp³-hybridized carbons (Fsp3) is 0.370. The SMILES string of the molecule is COc1cc([C@H]2CC(=O)c3cnc(N4CCN(c5ccc(F)cc5)CC4)nc3C2)cc(OC)c1OC. The lowest BCUT2D eigenvalue weighted by molar-refractivity contribution is 0.0962. The molecule has 1 fully saturated rings. The van der Waals surface area contributed by atoms with Gasteiger partial charge in [0.05, 0.1) is 32.6 Å². The van der Waals surface area contributed by atoms with Crippen molar-refractivity contribution in [3.63, 3.8) is 0 Å². The summed E-state index contributed by atoms with van der Waals surface area (Å²) in [5.41, 5.74) is 3.29. The van der Waals surface area contributed by atoms with Gasteiger partial charge in [-0.25, -0.2) is 14.4 Å². The number of anilines is 2. The van der Waals surface area contributed by atoms with Gasteiger partial charge in [0.25, 0.3) is 0 Å². The lowest BCUT2D eigenvalue weighted by Crippen LogP contribution is -2.47. The maximum atomic E-state index is 13.3. The van der Waals surface area contributed by atoms with E-state index in [2.05, 4.69) is 14.8 Å². The normalized spacial score (nSPS) is 17.6. The van der Waals surface area contributed by atoms with Gasteiger partial charge in [0, 0.05) is 44.5 Å². The maximum Gasteiger partial charge on any atom is 0.225 e. The number of rotatable bonds is 6. The van der Waals surface area contributed by atoms with Crippen molar-refractivity contribution in [1.29, 1.82) is 0 Å². The van der Waals surface area contributed by atoms with Crippen LogP contribution in [0.3, 0.4) is 0 Å². The van der Waals surface area contributed by atoms with Crippen LogP contribution in [-0.4, -0.2) is 63.3 Å². The molecule has 2 aromatic carbocycles. The van der Waals surface area contributed by atoms with E-state index >= 15 is 0 Å². The molecule has 2 aliphatic rings. The van der Waals surface area contributed by atoms with Gasteiger partial charge in [0.1, 0.15) is 5.82 Å². The van der Waals surface area contributed by atoms with E-state index in [9.17, 15) is 9.18 Å². The predicted molar refractivity (Wildman–Crippen MR) is 134 cm³/mol. The average Bonchev–Trinajstić information content (AvgIpc) is 2.92. The summed E-state index contributed by atoms with van der Waals surface area (Å²) in [6, 6.07) is 10.4. The number of piperazine rings is 1. The van der Waals surface area contributed by atoms with Gasteiger partial charge >= 0.3 is 0 Å². The molecule has 2 heterocycles. The summed E-state index contributed by atoms with van der Waals surface area (Å²) >= 11 is 0. The van der Waals surface area contributed by atoms with Gasteiger partial charge in [0.2, 0.25) is 11.7 Å². The molecule has 1 atom stereocenters. The molecule has 0 spiro atoms. The van der Waals surface area contributed by atoms with Crippen molar-refractivity contribution in [1.82, 2.24) is 9.97 Å². The van der Waals surface area contributed by atoms with E-state index in [1.54, 1.807) is 39.7 Å². The van der Waals surface area contributed by atoms with E-state index in [1.165, 1.54) is 12.1 Å². The first kappa shape index (κ1) is 23.8. The molecule has 8 nitrogen and oxygen atoms in total. The summed E-state index contributed by atoms with van der Waals surface area (Å²) in [4.78, 5) is 26.7. The van der Waals surface area contributed by atoms with E-state index < -0.39 is 0 Å². The molecule has 0 radical (unpaired) electrons. The fourth-order valence-corrected chi connectivity index (χ4v) is 4.98. The van der Waals surface area contributed by atoms with Crippen LogP contribution >= 0.6 is 0 Å². The molecule has 1 aliphatic carbocycles. The number of methoxy groups -OCH3 is 3. The lowest BCUT2D eigenvalue weighted by Gasteiger charge is -2.36. The summed E-state index contributed by atoms with van der Waals surface area (Å²) in [6.45, 7) is 3.03. The van der Waals surface area contributed by atoms with Gasteiger partial charge in [-0.15, -0.1) is 0 Å². The second kappa shape index (κ2) is 10.0. The Kier molecular flexibility index (Phi) is 6.63. The summed E-state index contributed by atoms with van der Waals surface area (Å²) in [7, 11) is 4.73. The number of halogens is 1. The number of aromatic nitrogens is 2. The minimum atomic E-state index is -0.237. The molecule has 36 heavy (non-hydrogen) atoms. The first-order valence-electron chi connectivity index (χ1n) is 11.9. The van der Waals surface area contributed by atoms with Crippen LogP contribution in [0.25, 0.3) is 0 Å². The topological polar surface area (TPSA) is 77.0 Å². The van der Waals surface area contributed by atoms with Crippen molar-refractivity contribution < 1.29 is 23.4 Å². The summed E-state index contributed by atoms with van der Waals surface area (Å²) in [5.74, 6) is 2.01. The molecule has 0 bridgehead atoms. The molecule has 1 aromatic heterocycles. The number of benzene rings is 2. The van der Waals surface area contributed by atoms with E-state index in [0.717, 1.165) is 43.1 Å². The molecule has 3 aromatic rings. The van der Waals surface area contributed by atoms with Gasteiger partial charge in [-0.05, 0) is 54.3 Å². The second-order valence-corrected chi connectivity index (χ2v) is 8.97. The maximum absolute atomic E-state index is 13.3. The van der Waals surface area contributed by atoms with Crippen LogP contribution in [0.1, 0.15) is 34.0 Å². The Balaban J connectivity index is 1.35. The Morgan fingerprint density at radius 1 is 0.889 bits per heavy atom. The standard InChI is InChI=1S/C27H29FN4O4/c1-34-24-14-18(15-25(35-2)26(24)36-3)17-12-22-21(23(33)13-17)16-29-27(30-22)32-10-8-31(9-11-32)20-6-4-19(28)5-7-20/h4-7,14-17H,8-13H2,1-3H3/t17-/m1/s1. The van der Waals surface area contributed by atoms with E-state index in [4.69, 9.17) is 19.2 Å². The number of hydrogen-bond acceptors (Lipinski definition) is 8. The molecule has 0 unspecified atom stereocenters. The molecule has 0 N–H and O–H groups in total. The molecule has 188 valence electrons. The minimum Gasteiger partial charge on any atom is -0.493 e. The number of fused-ring (bicyclic) bond motifs is 1. The molecule has 0 saturated carbocycles. The highest BCUT2D eigenvalue weighted by Crippen LogP contribution is 2.42. The third-order valence-corrected chi connectivity index (χ3v) is 6.94. The Bertz CT molecular complexity index is 1230. The van der Waals surface area contributed by atoms with Crippen LogP contribution in [-0.2, 0) is 6.42 Å². The monoisotopic (exact) mass is 492 g/mol. The molecular weight excluding hydrogens is 463 g/mol. The Morgan fingerprint density at radius 2 is 1.53 bits per heavy atom. The lowest BCUT2D eigenvalue weighted by atomic mass is 9.82. The predicted octanol–water partition coefficient (Wildman–Crippen LogP) is 3.88. The van der Waals surface area contributed by atoms with Crippen molar-refractivity contribution in [2.75, 3.05) is 57.3 Å². The average molecular weight is 493 g/mol. The Morgan fingerprint density at radius 3 is 2.14 bits per heavy atom. The zero-order chi connectivity index (χ0) is 25.2. The highest BCUT2D eigenvalue weighted by molar-refractivity contribution is 5.98. The third-order valence-electron chi connectivity index (χ3n) is 6.94. The number of carbonyl (C=O) groups is 1. The number of ketones is 1. The van der Waals surface area contributed by atoms with Crippen molar-refractivity contribution >= 4 is 17.4 Å². The summed E-state index contributed by atoms with van der Waals surface area (Å²) in [5, 5.41) is 0. The van der Waals surface area contributed by atoms with Crippen molar-refractivity contribution in [2.45, 2.75) is 18.8 Å². The first-order chi connectivity index (χ1) is 17.5. The minimum absolute atomic E-state index is 0.0303. The summed E-state index contributed by atoms with van der Waals surface area (Å²) in [6.07, 6.45) is 2.65. The number of carbonyl (C=O) groups excluding carboxylic acids is 1. The Hall–Kier alpha value is -3.88. The van der Waals surface area contributed by atoms with Crippen LogP contribution in [0.15, 0.2) is 42.6 Å². The van der Waals surface area contributed by atoms with E-state index in [1.807, 2.05) is 12.1 Å². The van der Waals surface area contributed by atoms with Gasteiger partial charge in [-0.2, -0.15) is 0 Å². The quantitative estimate of drug-likeness (QED) is 0.513. The molecule has 0 amide bonds. The number of nitrogens with zero attached hydrogens (tertiary/aromatic N) is 4. The van der Waals surface area contributed by atoms with Crippen LogP contribution in [0.2, 0.25) is 0 Å². The van der Waals surface area contributed by atoms with E-state index in [-0.39, 0.29) is 17.5 Å². The zero-order valence-corrected chi connectivity index (χ0v) is 20.7. The first-order valence-corrected chi connectivity index (χ1v) is 11.9. The van der Waals surface area contributed by atoms with Gasteiger partial charge in [-0.1, -0.05) is 0 Å². The highest BCUT2D eigenvalue weighted by atomic mass is 19.1. The smallest absolute Gasteiger partial charge is 0.225 e. The number of ether oxygens (including phenoxy) is 3. The van der Waals surface area contributed by atoms with Crippen molar-refractivity contribution in [2.24, 2.45) is 0 Å². The van der Waals surface area contributed by atoms with Crippen molar-refractivity contribution in [3.05, 3.63) is 65.2 Å². The van der Waals surface area contributed by atoms with Gasteiger partial charge in [-0.3, -0.25) is 4.79 Å². The van der Waals surface area contributed by atoms with Crippen LogP contribution < -0.4 is 24.0 Å². The van der Waals surface area contributed by atoms with E-state index in [0.29, 0.717) is 41.6 Å². The van der Waals surface area contributed by atoms with Gasteiger partial charge < -0.3 is 24.0 Å². The van der Waals surface area contributed by atoms with Crippen molar-refractivity contribution in [3.8, 4) is 17.2 Å². The second-order valence-electron chi connectivity index (χ2n) is 8.97. The summed E-state index contributed by atoms with van der Waals surface area (Å²) < 4.78 is 29.7. The van der Waals surface area contributed by atoms with Gasteiger partial charge in [0.15, 0.2) is 17.3 Å². The molecule has 9 heteroatoms.